The number of thioether (sulfide) groups is 1. The van der Waals surface area contributed by atoms with Gasteiger partial charge in [-0.15, -0.1) is 11.8 Å². The lowest BCUT2D eigenvalue weighted by molar-refractivity contribution is 0.0734. The number of nitrogens with two attached hydrogens (primary N) is 2. The average Bonchev–Trinajstić information content (AvgIpc) is 2.62. The highest BCUT2D eigenvalue weighted by Gasteiger charge is 2.08. The van der Waals surface area contributed by atoms with Gasteiger partial charge in [0.2, 0.25) is 0 Å². The lowest BCUT2D eigenvalue weighted by Gasteiger charge is -2.08. The topological polar surface area (TPSA) is 99.9 Å². The van der Waals surface area contributed by atoms with E-state index in [0.29, 0.717) is 17.0 Å². The van der Waals surface area contributed by atoms with Gasteiger partial charge in [0.05, 0.1) is 17.4 Å². The van der Waals surface area contributed by atoms with E-state index < -0.39 is 5.97 Å². The average molecular weight is 388 g/mol. The molecular formula is C20H25N3O3S. The molecule has 0 unspecified atom stereocenters. The Morgan fingerprint density at radius 3 is 2.33 bits per heavy atom. The van der Waals surface area contributed by atoms with Crippen LogP contribution in [0, 0.1) is 0 Å². The van der Waals surface area contributed by atoms with Crippen LogP contribution in [0.1, 0.15) is 30.6 Å². The number of ether oxygens (including phenoxy) is 2. The minimum absolute atomic E-state index is 0.0317. The summed E-state index contributed by atoms with van der Waals surface area (Å²) in [5, 5.41) is 0. The number of benzene rings is 2. The Bertz CT molecular complexity index is 755. The van der Waals surface area contributed by atoms with E-state index in [4.69, 9.17) is 20.9 Å². The molecule has 0 spiro atoms. The molecule has 0 aromatic heterocycles. The first kappa shape index (κ1) is 20.8. The second kappa shape index (κ2) is 10.6. The molecule has 0 atom stereocenters. The molecule has 0 heterocycles. The maximum Gasteiger partial charge on any atom is 0.343 e. The van der Waals surface area contributed by atoms with Gasteiger partial charge in [-0.3, -0.25) is 0 Å². The molecule has 0 radical (unpaired) electrons. The third-order valence-corrected chi connectivity index (χ3v) is 4.50. The maximum atomic E-state index is 12.2. The van der Waals surface area contributed by atoms with Gasteiger partial charge in [0.25, 0.3) is 0 Å². The number of hydrogen-bond acceptors (Lipinski definition) is 5. The molecule has 0 aliphatic heterocycles. The van der Waals surface area contributed by atoms with E-state index >= 15 is 0 Å². The molecule has 4 N–H and O–H groups in total. The highest BCUT2D eigenvalue weighted by Crippen LogP contribution is 2.23. The van der Waals surface area contributed by atoms with E-state index in [9.17, 15) is 4.79 Å². The lowest BCUT2D eigenvalue weighted by Crippen LogP contribution is -2.21. The van der Waals surface area contributed by atoms with Gasteiger partial charge in [-0.2, -0.15) is 0 Å². The molecule has 0 aliphatic rings. The van der Waals surface area contributed by atoms with Crippen LogP contribution in [-0.2, 0) is 4.74 Å². The second-order valence-corrected chi connectivity index (χ2v) is 7.23. The molecular weight excluding hydrogens is 362 g/mol. The SMILES string of the molecule is CC(C)OCCCSc1ccc(OC(=O)c2ccc(N=C(N)N)cc2)cc1. The molecule has 7 heteroatoms. The van der Waals surface area contributed by atoms with Crippen LogP contribution in [0.25, 0.3) is 0 Å². The zero-order valence-corrected chi connectivity index (χ0v) is 16.4. The van der Waals surface area contributed by atoms with Crippen LogP contribution in [0.5, 0.6) is 5.75 Å². The van der Waals surface area contributed by atoms with E-state index in [1.807, 2.05) is 26.0 Å². The monoisotopic (exact) mass is 387 g/mol. The van der Waals surface area contributed by atoms with E-state index in [-0.39, 0.29) is 12.1 Å². The van der Waals surface area contributed by atoms with E-state index in [0.717, 1.165) is 23.7 Å². The number of aliphatic imine (C=N–C) groups is 1. The standard InChI is InChI=1S/C20H25N3O3S/c1-14(2)25-12-3-13-27-18-10-8-17(9-11-18)26-19(24)15-4-6-16(7-5-15)23-20(21)22/h4-11,14H,3,12-13H2,1-2H3,(H4,21,22,23). The van der Waals surface area contributed by atoms with Gasteiger partial charge < -0.3 is 20.9 Å². The van der Waals surface area contributed by atoms with Crippen LogP contribution in [0.15, 0.2) is 58.4 Å². The van der Waals surface area contributed by atoms with E-state index in [1.54, 1.807) is 48.2 Å². The third kappa shape index (κ3) is 7.72. The van der Waals surface area contributed by atoms with Gasteiger partial charge in [0.15, 0.2) is 5.96 Å². The molecule has 144 valence electrons. The summed E-state index contributed by atoms with van der Waals surface area (Å²) < 4.78 is 10.9. The highest BCUT2D eigenvalue weighted by atomic mass is 32.2. The van der Waals surface area contributed by atoms with Crippen LogP contribution in [0.4, 0.5) is 5.69 Å². The second-order valence-electron chi connectivity index (χ2n) is 6.07. The fourth-order valence-corrected chi connectivity index (χ4v) is 2.99. The fraction of sp³-hybridized carbons (Fsp3) is 0.300. The summed E-state index contributed by atoms with van der Waals surface area (Å²) in [7, 11) is 0. The Kier molecular flexibility index (Phi) is 8.16. The molecule has 2 aromatic rings. The Labute approximate surface area is 163 Å². The number of guanidine groups is 1. The van der Waals surface area contributed by atoms with Crippen molar-refractivity contribution < 1.29 is 14.3 Å². The van der Waals surface area contributed by atoms with Crippen LogP contribution in [0.2, 0.25) is 0 Å². The number of hydrogen-bond donors (Lipinski definition) is 2. The van der Waals surface area contributed by atoms with Crippen molar-refractivity contribution in [3.8, 4) is 5.75 Å². The first-order chi connectivity index (χ1) is 12.9. The van der Waals surface area contributed by atoms with Crippen LogP contribution < -0.4 is 16.2 Å². The number of rotatable bonds is 9. The van der Waals surface area contributed by atoms with Gasteiger partial charge in [0.1, 0.15) is 5.75 Å². The van der Waals surface area contributed by atoms with Crippen molar-refractivity contribution in [3.63, 3.8) is 0 Å². The van der Waals surface area contributed by atoms with Crippen molar-refractivity contribution in [1.29, 1.82) is 0 Å². The molecule has 0 saturated heterocycles. The maximum absolute atomic E-state index is 12.2. The molecule has 2 rings (SSSR count). The smallest absolute Gasteiger partial charge is 0.343 e. The minimum Gasteiger partial charge on any atom is -0.423 e. The van der Waals surface area contributed by atoms with Crippen molar-refractivity contribution in [2.75, 3.05) is 12.4 Å². The summed E-state index contributed by atoms with van der Waals surface area (Å²) in [5.74, 6) is 1.02. The largest absolute Gasteiger partial charge is 0.423 e. The van der Waals surface area contributed by atoms with Crippen molar-refractivity contribution in [2.45, 2.75) is 31.3 Å². The van der Waals surface area contributed by atoms with Crippen molar-refractivity contribution in [3.05, 3.63) is 54.1 Å². The molecule has 0 fully saturated rings. The first-order valence-electron chi connectivity index (χ1n) is 8.70. The zero-order chi connectivity index (χ0) is 19.6. The summed E-state index contributed by atoms with van der Waals surface area (Å²) in [5.41, 5.74) is 11.6. The van der Waals surface area contributed by atoms with Crippen LogP contribution >= 0.6 is 11.8 Å². The summed E-state index contributed by atoms with van der Waals surface area (Å²) in [6.07, 6.45) is 1.27. The van der Waals surface area contributed by atoms with E-state index in [1.165, 1.54) is 0 Å². The van der Waals surface area contributed by atoms with Crippen molar-refractivity contribution in [1.82, 2.24) is 0 Å². The van der Waals surface area contributed by atoms with Crippen molar-refractivity contribution in [2.24, 2.45) is 16.5 Å². The fourth-order valence-electron chi connectivity index (χ4n) is 2.16. The van der Waals surface area contributed by atoms with Crippen LogP contribution in [0.3, 0.4) is 0 Å². The number of esters is 1. The molecule has 0 bridgehead atoms. The molecule has 0 saturated carbocycles. The molecule has 27 heavy (non-hydrogen) atoms. The Morgan fingerprint density at radius 2 is 1.74 bits per heavy atom. The van der Waals surface area contributed by atoms with Gasteiger partial charge in [-0.1, -0.05) is 0 Å². The van der Waals surface area contributed by atoms with Crippen molar-refractivity contribution >= 4 is 29.4 Å². The summed E-state index contributed by atoms with van der Waals surface area (Å²) in [6.45, 7) is 4.83. The Morgan fingerprint density at radius 1 is 1.07 bits per heavy atom. The highest BCUT2D eigenvalue weighted by molar-refractivity contribution is 7.99. The van der Waals surface area contributed by atoms with E-state index in [2.05, 4.69) is 4.99 Å². The van der Waals surface area contributed by atoms with Gasteiger partial charge in [-0.05, 0) is 68.8 Å². The summed E-state index contributed by atoms with van der Waals surface area (Å²) in [4.78, 5) is 17.2. The zero-order valence-electron chi connectivity index (χ0n) is 15.6. The quantitative estimate of drug-likeness (QED) is 0.170. The third-order valence-electron chi connectivity index (χ3n) is 3.40. The van der Waals surface area contributed by atoms with Crippen LogP contribution in [-0.4, -0.2) is 30.4 Å². The van der Waals surface area contributed by atoms with Gasteiger partial charge in [0, 0.05) is 17.3 Å². The predicted octanol–water partition coefficient (Wildman–Crippen LogP) is 3.72. The Balaban J connectivity index is 1.83. The van der Waals surface area contributed by atoms with Gasteiger partial charge >= 0.3 is 5.97 Å². The molecule has 6 nitrogen and oxygen atoms in total. The number of nitrogens with zero attached hydrogens (tertiary/aromatic N) is 1. The molecule has 0 aliphatic carbocycles. The molecule has 0 amide bonds. The normalized spacial score (nSPS) is 10.6. The number of carbonyl (C=O) groups is 1. The Hall–Kier alpha value is -2.51. The number of carbonyl (C=O) groups excluding carboxylic acids is 1. The minimum atomic E-state index is -0.433. The lowest BCUT2D eigenvalue weighted by atomic mass is 10.2. The first-order valence-corrected chi connectivity index (χ1v) is 9.69. The summed E-state index contributed by atoms with van der Waals surface area (Å²) >= 11 is 1.75. The predicted molar refractivity (Wildman–Crippen MR) is 110 cm³/mol. The van der Waals surface area contributed by atoms with Gasteiger partial charge in [-0.25, -0.2) is 9.79 Å². The summed E-state index contributed by atoms with van der Waals surface area (Å²) in [6, 6.07) is 14.0. The molecule has 2 aromatic carbocycles.